The van der Waals surface area contributed by atoms with E-state index >= 15 is 0 Å². The molecule has 0 unspecified atom stereocenters. The maximum atomic E-state index is 11.8. The number of hydrogen-bond acceptors (Lipinski definition) is 9. The summed E-state index contributed by atoms with van der Waals surface area (Å²) in [6.07, 6.45) is 3.18. The zero-order valence-electron chi connectivity index (χ0n) is 13.3. The second-order valence-electron chi connectivity index (χ2n) is 4.84. The number of nitrogens with zero attached hydrogens (tertiary/aromatic N) is 4. The molecule has 2 heterocycles. The number of hydrogen-bond donors (Lipinski definition) is 4. The number of anilines is 2. The van der Waals surface area contributed by atoms with E-state index < -0.39 is 0 Å². The number of aromatic nitrogens is 4. The molecule has 13 heteroatoms. The second-order valence-corrected chi connectivity index (χ2v) is 8.39. The highest BCUT2D eigenvalue weighted by Gasteiger charge is 2.09. The molecule has 0 bridgehead atoms. The van der Waals surface area contributed by atoms with Crippen LogP contribution in [0.25, 0.3) is 0 Å². The van der Waals surface area contributed by atoms with Gasteiger partial charge in [-0.1, -0.05) is 11.8 Å². The van der Waals surface area contributed by atoms with E-state index in [-0.39, 0.29) is 17.4 Å². The molecule has 9 nitrogen and oxygen atoms in total. The number of carbonyl (C=O) groups is 1. The summed E-state index contributed by atoms with van der Waals surface area (Å²) in [6, 6.07) is 3.43. The Hall–Kier alpha value is -1.96. The minimum absolute atomic E-state index is 0.121. The first kappa shape index (κ1) is 19.8. The van der Waals surface area contributed by atoms with Gasteiger partial charge >= 0.3 is 0 Å². The first-order valence-corrected chi connectivity index (χ1v) is 10.7. The largest absolute Gasteiger partial charge is 0.506 e. The molecule has 0 aliphatic carbocycles. The number of H-pyrrole nitrogens is 1. The molecule has 0 radical (unpaired) electrons. The molecule has 140 valence electrons. The van der Waals surface area contributed by atoms with Gasteiger partial charge in [-0.15, -0.1) is 16.4 Å². The number of phenolic OH excluding ortho intramolecular Hbond substituents is 1. The van der Waals surface area contributed by atoms with Crippen LogP contribution in [0.4, 0.5) is 11.1 Å². The fourth-order valence-electron chi connectivity index (χ4n) is 1.76. The standard InChI is InChI=1S/C14H11Br2N7O2S2/c15-8-3-7(4-9(16)11(8)25)5-18-21-12-20-14(23-22-12)27-6-10(24)19-13-17-1-2-26-13/h1-5,25H,6H2,(H,17,19,24)(H2,20,21,22,23). The third-order valence-corrected chi connectivity index (χ3v) is 5.64. The van der Waals surface area contributed by atoms with Gasteiger partial charge in [0.1, 0.15) is 5.75 Å². The van der Waals surface area contributed by atoms with Crippen LogP contribution in [0.1, 0.15) is 5.56 Å². The van der Waals surface area contributed by atoms with Crippen molar-refractivity contribution in [3.63, 3.8) is 0 Å². The van der Waals surface area contributed by atoms with Crippen LogP contribution >= 0.6 is 55.0 Å². The number of thiazole rings is 1. The predicted molar refractivity (Wildman–Crippen MR) is 113 cm³/mol. The number of aromatic amines is 1. The fraction of sp³-hybridized carbons (Fsp3) is 0.0714. The lowest BCUT2D eigenvalue weighted by Crippen LogP contribution is -2.13. The molecule has 3 rings (SSSR count). The Morgan fingerprint density at radius 1 is 1.41 bits per heavy atom. The number of phenols is 1. The van der Waals surface area contributed by atoms with Crippen LogP contribution in [0.2, 0.25) is 0 Å². The maximum absolute atomic E-state index is 11.8. The number of amides is 1. The second kappa shape index (κ2) is 9.30. The highest BCUT2D eigenvalue weighted by Crippen LogP contribution is 2.32. The van der Waals surface area contributed by atoms with Gasteiger partial charge in [-0.25, -0.2) is 15.5 Å². The number of thioether (sulfide) groups is 1. The quantitative estimate of drug-likeness (QED) is 0.207. The van der Waals surface area contributed by atoms with Crippen molar-refractivity contribution in [2.75, 3.05) is 16.5 Å². The van der Waals surface area contributed by atoms with E-state index in [0.29, 0.717) is 25.2 Å². The SMILES string of the molecule is O=C(CSc1n[nH]c(NN=Cc2cc(Br)c(O)c(Br)c2)n1)Nc1nccs1. The average molecular weight is 533 g/mol. The minimum atomic E-state index is -0.184. The average Bonchev–Trinajstić information content (AvgIpc) is 3.30. The summed E-state index contributed by atoms with van der Waals surface area (Å²) in [6.45, 7) is 0. The smallest absolute Gasteiger partial charge is 0.240 e. The summed E-state index contributed by atoms with van der Waals surface area (Å²) in [5.41, 5.74) is 3.47. The van der Waals surface area contributed by atoms with Gasteiger partial charge < -0.3 is 10.4 Å². The first-order valence-electron chi connectivity index (χ1n) is 7.23. The third kappa shape index (κ3) is 5.76. The van der Waals surface area contributed by atoms with Gasteiger partial charge in [-0.2, -0.15) is 10.1 Å². The van der Waals surface area contributed by atoms with Gasteiger partial charge in [0.05, 0.1) is 20.9 Å². The van der Waals surface area contributed by atoms with Gasteiger partial charge in [-0.3, -0.25) is 4.79 Å². The Kier molecular flexibility index (Phi) is 6.82. The Morgan fingerprint density at radius 2 is 2.19 bits per heavy atom. The molecule has 0 fully saturated rings. The molecule has 1 aromatic carbocycles. The Labute approximate surface area is 178 Å². The van der Waals surface area contributed by atoms with E-state index in [1.165, 1.54) is 23.1 Å². The molecule has 0 spiro atoms. The van der Waals surface area contributed by atoms with Crippen LogP contribution in [0, 0.1) is 0 Å². The normalized spacial score (nSPS) is 11.0. The maximum Gasteiger partial charge on any atom is 0.240 e. The highest BCUT2D eigenvalue weighted by molar-refractivity contribution is 9.11. The van der Waals surface area contributed by atoms with Crippen LogP contribution in [0.5, 0.6) is 5.75 Å². The molecule has 0 saturated carbocycles. The van der Waals surface area contributed by atoms with Crippen molar-refractivity contribution >= 4 is 78.2 Å². The van der Waals surface area contributed by atoms with E-state index in [2.05, 4.69) is 67.9 Å². The number of hydrazone groups is 1. The van der Waals surface area contributed by atoms with E-state index in [1.54, 1.807) is 29.9 Å². The first-order chi connectivity index (χ1) is 13.0. The summed E-state index contributed by atoms with van der Waals surface area (Å²) in [7, 11) is 0. The molecule has 0 atom stereocenters. The summed E-state index contributed by atoms with van der Waals surface area (Å²) in [4.78, 5) is 20.0. The van der Waals surface area contributed by atoms with Crippen LogP contribution in [-0.4, -0.2) is 43.1 Å². The van der Waals surface area contributed by atoms with Gasteiger partial charge in [0.15, 0.2) is 5.13 Å². The van der Waals surface area contributed by atoms with Gasteiger partial charge in [0.25, 0.3) is 0 Å². The van der Waals surface area contributed by atoms with Crippen molar-refractivity contribution in [3.8, 4) is 5.75 Å². The van der Waals surface area contributed by atoms with Gasteiger partial charge in [0, 0.05) is 11.6 Å². The molecule has 1 amide bonds. The van der Waals surface area contributed by atoms with Crippen LogP contribution < -0.4 is 10.7 Å². The molecule has 2 aromatic heterocycles. The number of carbonyl (C=O) groups excluding carboxylic acids is 1. The van der Waals surface area contributed by atoms with E-state index in [4.69, 9.17) is 0 Å². The van der Waals surface area contributed by atoms with Crippen molar-refractivity contribution in [2.24, 2.45) is 5.10 Å². The molecule has 27 heavy (non-hydrogen) atoms. The predicted octanol–water partition coefficient (Wildman–Crippen LogP) is 3.67. The molecule has 4 N–H and O–H groups in total. The lowest BCUT2D eigenvalue weighted by Gasteiger charge is -2.01. The summed E-state index contributed by atoms with van der Waals surface area (Å²) in [5, 5.41) is 25.9. The lowest BCUT2D eigenvalue weighted by atomic mass is 10.2. The molecule has 0 saturated heterocycles. The molecular formula is C14H11Br2N7O2S2. The van der Waals surface area contributed by atoms with Crippen molar-refractivity contribution in [3.05, 3.63) is 38.2 Å². The molecule has 3 aromatic rings. The fourth-order valence-corrected chi connectivity index (χ4v) is 4.12. The minimum Gasteiger partial charge on any atom is -0.506 e. The number of nitrogens with one attached hydrogen (secondary N) is 3. The lowest BCUT2D eigenvalue weighted by molar-refractivity contribution is -0.113. The Morgan fingerprint density at radius 3 is 2.89 bits per heavy atom. The zero-order valence-corrected chi connectivity index (χ0v) is 18.1. The van der Waals surface area contributed by atoms with Crippen molar-refractivity contribution < 1.29 is 9.90 Å². The highest BCUT2D eigenvalue weighted by atomic mass is 79.9. The van der Waals surface area contributed by atoms with E-state index in [0.717, 1.165) is 5.56 Å². The third-order valence-electron chi connectivity index (χ3n) is 2.90. The van der Waals surface area contributed by atoms with E-state index in [1.807, 2.05) is 0 Å². The van der Waals surface area contributed by atoms with Crippen LogP contribution in [0.3, 0.4) is 0 Å². The number of rotatable bonds is 7. The molecule has 0 aliphatic heterocycles. The van der Waals surface area contributed by atoms with Crippen molar-refractivity contribution in [1.82, 2.24) is 20.2 Å². The van der Waals surface area contributed by atoms with E-state index in [9.17, 15) is 9.90 Å². The number of halogens is 2. The zero-order chi connectivity index (χ0) is 19.2. The van der Waals surface area contributed by atoms with Gasteiger partial charge in [-0.05, 0) is 49.6 Å². The van der Waals surface area contributed by atoms with Gasteiger partial charge in [0.2, 0.25) is 17.0 Å². The topological polar surface area (TPSA) is 128 Å². The monoisotopic (exact) mass is 531 g/mol. The Balaban J connectivity index is 1.50. The van der Waals surface area contributed by atoms with Crippen LogP contribution in [-0.2, 0) is 4.79 Å². The number of benzene rings is 1. The summed E-state index contributed by atoms with van der Waals surface area (Å²) < 4.78 is 1.10. The molecular weight excluding hydrogens is 522 g/mol. The van der Waals surface area contributed by atoms with Crippen molar-refractivity contribution in [2.45, 2.75) is 5.16 Å². The summed E-state index contributed by atoms with van der Waals surface area (Å²) >= 11 is 9.05. The Bertz CT molecular complexity index is 939. The number of aromatic hydroxyl groups is 1. The van der Waals surface area contributed by atoms with Crippen LogP contribution in [0.15, 0.2) is 42.9 Å². The van der Waals surface area contributed by atoms with Crippen molar-refractivity contribution in [1.29, 1.82) is 0 Å². The molecule has 0 aliphatic rings. The summed E-state index contributed by atoms with van der Waals surface area (Å²) in [5.74, 6) is 0.438.